The summed E-state index contributed by atoms with van der Waals surface area (Å²) in [6, 6.07) is 0.320. The normalized spacial score (nSPS) is 10.7. The van der Waals surface area contributed by atoms with Gasteiger partial charge in [-0.2, -0.15) is 10.1 Å². The quantitative estimate of drug-likeness (QED) is 0.802. The van der Waals surface area contributed by atoms with Crippen molar-refractivity contribution in [2.45, 2.75) is 26.7 Å². The molecule has 2 aromatic rings. The van der Waals surface area contributed by atoms with Crippen LogP contribution in [0.4, 0.5) is 0 Å². The van der Waals surface area contributed by atoms with E-state index in [1.54, 1.807) is 10.9 Å². The fourth-order valence-electron chi connectivity index (χ4n) is 1.64. The lowest BCUT2D eigenvalue weighted by molar-refractivity contribution is 0.433. The summed E-state index contributed by atoms with van der Waals surface area (Å²) < 4.78 is 7.46. The van der Waals surface area contributed by atoms with Crippen LogP contribution >= 0.6 is 11.6 Å². The lowest BCUT2D eigenvalue weighted by Crippen LogP contribution is -1.98. The number of aromatic nitrogens is 4. The van der Waals surface area contributed by atoms with Gasteiger partial charge in [-0.15, -0.1) is 11.6 Å². The minimum atomic E-state index is 0.320. The van der Waals surface area contributed by atoms with Crippen LogP contribution in [-0.2, 0) is 12.9 Å². The summed E-state index contributed by atoms with van der Waals surface area (Å²) in [4.78, 5) is 8.42. The molecule has 0 spiro atoms. The van der Waals surface area contributed by atoms with Gasteiger partial charge in [0.05, 0.1) is 11.6 Å². The second-order valence-corrected chi connectivity index (χ2v) is 4.39. The summed E-state index contributed by atoms with van der Waals surface area (Å²) in [5.41, 5.74) is 3.49. The van der Waals surface area contributed by atoms with Gasteiger partial charge < -0.3 is 4.74 Å². The maximum absolute atomic E-state index is 5.76. The number of nitrogens with zero attached hydrogens (tertiary/aromatic N) is 4. The molecule has 0 amide bonds. The summed E-state index contributed by atoms with van der Waals surface area (Å²) >= 11 is 5.76. The van der Waals surface area contributed by atoms with E-state index in [4.69, 9.17) is 16.3 Å². The Morgan fingerprint density at radius 3 is 2.50 bits per heavy atom. The van der Waals surface area contributed by atoms with Crippen LogP contribution in [0.3, 0.4) is 0 Å². The van der Waals surface area contributed by atoms with Gasteiger partial charge in [0.1, 0.15) is 5.69 Å². The van der Waals surface area contributed by atoms with Crippen LogP contribution in [0.15, 0.2) is 6.20 Å². The lowest BCUT2D eigenvalue weighted by Gasteiger charge is -2.06. The van der Waals surface area contributed by atoms with Gasteiger partial charge in [-0.3, -0.25) is 4.68 Å². The minimum Gasteiger partial charge on any atom is -0.420 e. The van der Waals surface area contributed by atoms with E-state index in [1.807, 2.05) is 27.8 Å². The van der Waals surface area contributed by atoms with Gasteiger partial charge in [-0.1, -0.05) is 0 Å². The Kier molecular flexibility index (Phi) is 3.52. The molecule has 96 valence electrons. The first-order valence-electron chi connectivity index (χ1n) is 5.59. The van der Waals surface area contributed by atoms with Crippen LogP contribution in [0.25, 0.3) is 0 Å². The zero-order chi connectivity index (χ0) is 13.3. The third kappa shape index (κ3) is 2.31. The average molecular weight is 267 g/mol. The molecule has 5 nitrogen and oxygen atoms in total. The summed E-state index contributed by atoms with van der Waals surface area (Å²) in [7, 11) is 1.87. The van der Waals surface area contributed by atoms with Crippen molar-refractivity contribution in [3.8, 4) is 11.8 Å². The summed E-state index contributed by atoms with van der Waals surface area (Å²) in [6.45, 7) is 5.72. The molecule has 0 bridgehead atoms. The van der Waals surface area contributed by atoms with E-state index in [0.717, 1.165) is 22.6 Å². The number of halogens is 1. The van der Waals surface area contributed by atoms with E-state index in [-0.39, 0.29) is 0 Å². The van der Waals surface area contributed by atoms with Gasteiger partial charge in [-0.05, 0) is 20.8 Å². The standard InChI is InChI=1S/C12H15ClN4O/c1-7-10(5-13)6-14-12(15-7)18-11-8(2)16-17(4)9(11)3/h6H,5H2,1-4H3. The Morgan fingerprint density at radius 1 is 1.28 bits per heavy atom. The lowest BCUT2D eigenvalue weighted by atomic mass is 10.3. The highest BCUT2D eigenvalue weighted by Crippen LogP contribution is 2.26. The second-order valence-electron chi connectivity index (χ2n) is 4.12. The van der Waals surface area contributed by atoms with E-state index in [9.17, 15) is 0 Å². The zero-order valence-electron chi connectivity index (χ0n) is 10.9. The van der Waals surface area contributed by atoms with Crippen molar-refractivity contribution >= 4 is 11.6 Å². The predicted molar refractivity (Wildman–Crippen MR) is 69.1 cm³/mol. The molecule has 0 atom stereocenters. The Hall–Kier alpha value is -1.62. The molecule has 0 unspecified atom stereocenters. The summed E-state index contributed by atoms with van der Waals surface area (Å²) in [5, 5.41) is 4.28. The van der Waals surface area contributed by atoms with Crippen LogP contribution in [0.5, 0.6) is 11.8 Å². The first kappa shape index (κ1) is 12.8. The molecule has 0 aliphatic rings. The monoisotopic (exact) mass is 266 g/mol. The van der Waals surface area contributed by atoms with Gasteiger partial charge >= 0.3 is 6.01 Å². The first-order chi connectivity index (χ1) is 8.52. The molecule has 2 aromatic heterocycles. The summed E-state index contributed by atoms with van der Waals surface area (Å²) in [5.74, 6) is 1.10. The molecule has 0 saturated heterocycles. The highest BCUT2D eigenvalue weighted by Gasteiger charge is 2.13. The molecule has 0 fully saturated rings. The fraction of sp³-hybridized carbons (Fsp3) is 0.417. The maximum atomic E-state index is 5.76. The molecular weight excluding hydrogens is 252 g/mol. The second kappa shape index (κ2) is 4.94. The fourth-order valence-corrected chi connectivity index (χ4v) is 1.91. The number of hydrogen-bond acceptors (Lipinski definition) is 4. The Labute approximate surface area is 111 Å². The van der Waals surface area contributed by atoms with Crippen molar-refractivity contribution in [3.05, 3.63) is 28.8 Å². The highest BCUT2D eigenvalue weighted by atomic mass is 35.5. The molecular formula is C12H15ClN4O. The number of aryl methyl sites for hydroxylation is 3. The SMILES string of the molecule is Cc1nc(Oc2c(C)nn(C)c2C)ncc1CCl. The minimum absolute atomic E-state index is 0.320. The van der Waals surface area contributed by atoms with Crippen LogP contribution in [0, 0.1) is 20.8 Å². The van der Waals surface area contributed by atoms with E-state index < -0.39 is 0 Å². The van der Waals surface area contributed by atoms with Gasteiger partial charge in [0, 0.05) is 24.5 Å². The molecule has 2 rings (SSSR count). The highest BCUT2D eigenvalue weighted by molar-refractivity contribution is 6.17. The Morgan fingerprint density at radius 2 is 2.00 bits per heavy atom. The van der Waals surface area contributed by atoms with Crippen LogP contribution in [-0.4, -0.2) is 19.7 Å². The smallest absolute Gasteiger partial charge is 0.322 e. The van der Waals surface area contributed by atoms with Crippen molar-refractivity contribution in [2.75, 3.05) is 0 Å². The van der Waals surface area contributed by atoms with Gasteiger partial charge in [0.2, 0.25) is 0 Å². The maximum Gasteiger partial charge on any atom is 0.322 e. The molecule has 0 aliphatic heterocycles. The molecule has 0 aromatic carbocycles. The molecule has 0 radical (unpaired) electrons. The summed E-state index contributed by atoms with van der Waals surface area (Å²) in [6.07, 6.45) is 1.69. The molecule has 0 N–H and O–H groups in total. The number of rotatable bonds is 3. The van der Waals surface area contributed by atoms with Crippen LogP contribution in [0.1, 0.15) is 22.6 Å². The van der Waals surface area contributed by atoms with Crippen molar-refractivity contribution < 1.29 is 4.74 Å². The van der Waals surface area contributed by atoms with Crippen molar-refractivity contribution in [1.82, 2.24) is 19.7 Å². The first-order valence-corrected chi connectivity index (χ1v) is 6.13. The molecule has 2 heterocycles. The van der Waals surface area contributed by atoms with Crippen molar-refractivity contribution in [3.63, 3.8) is 0 Å². The topological polar surface area (TPSA) is 52.8 Å². The number of ether oxygens (including phenoxy) is 1. The molecule has 0 aliphatic carbocycles. The Balaban J connectivity index is 2.31. The Bertz CT molecular complexity index is 580. The van der Waals surface area contributed by atoms with Crippen LogP contribution in [0.2, 0.25) is 0 Å². The molecule has 18 heavy (non-hydrogen) atoms. The molecule has 6 heteroatoms. The third-order valence-corrected chi connectivity index (χ3v) is 3.13. The van der Waals surface area contributed by atoms with Gasteiger partial charge in [-0.25, -0.2) is 4.98 Å². The van der Waals surface area contributed by atoms with E-state index in [1.165, 1.54) is 0 Å². The zero-order valence-corrected chi connectivity index (χ0v) is 11.6. The number of alkyl halides is 1. The van der Waals surface area contributed by atoms with Crippen LogP contribution < -0.4 is 4.74 Å². The van der Waals surface area contributed by atoms with Gasteiger partial charge in [0.25, 0.3) is 0 Å². The van der Waals surface area contributed by atoms with Crippen molar-refractivity contribution in [2.24, 2.45) is 7.05 Å². The average Bonchev–Trinajstić information content (AvgIpc) is 2.56. The third-order valence-electron chi connectivity index (χ3n) is 2.84. The van der Waals surface area contributed by atoms with E-state index >= 15 is 0 Å². The van der Waals surface area contributed by atoms with Gasteiger partial charge in [0.15, 0.2) is 5.75 Å². The van der Waals surface area contributed by atoms with E-state index in [2.05, 4.69) is 15.1 Å². The van der Waals surface area contributed by atoms with E-state index in [0.29, 0.717) is 17.6 Å². The predicted octanol–water partition coefficient (Wildman–Crippen LogP) is 2.67. The van der Waals surface area contributed by atoms with Crippen molar-refractivity contribution in [1.29, 1.82) is 0 Å². The number of hydrogen-bond donors (Lipinski definition) is 0. The largest absolute Gasteiger partial charge is 0.420 e. The molecule has 0 saturated carbocycles.